The molecule has 4 heteroatoms. The second-order valence-corrected chi connectivity index (χ2v) is 10.1. The zero-order chi connectivity index (χ0) is 23.5. The number of unbranched alkanes of at least 4 members (excludes halogenated alkanes) is 2. The lowest BCUT2D eigenvalue weighted by Gasteiger charge is -2.31. The molecule has 0 heterocycles. The molecule has 0 aliphatic heterocycles. The Morgan fingerprint density at radius 2 is 1.76 bits per heavy atom. The van der Waals surface area contributed by atoms with Crippen molar-refractivity contribution in [2.45, 2.75) is 109 Å². The molecule has 33 heavy (non-hydrogen) atoms. The summed E-state index contributed by atoms with van der Waals surface area (Å²) in [5, 5.41) is 8.47. The fourth-order valence-electron chi connectivity index (χ4n) is 5.49. The third kappa shape index (κ3) is 8.29. The lowest BCUT2D eigenvalue weighted by atomic mass is 9.78. The van der Waals surface area contributed by atoms with E-state index >= 15 is 0 Å². The van der Waals surface area contributed by atoms with E-state index in [1.807, 2.05) is 0 Å². The number of ether oxygens (including phenoxy) is 1. The van der Waals surface area contributed by atoms with Gasteiger partial charge in [-0.25, -0.2) is 0 Å². The highest BCUT2D eigenvalue weighted by Crippen LogP contribution is 2.37. The normalized spacial score (nSPS) is 25.9. The van der Waals surface area contributed by atoms with Crippen LogP contribution in [-0.4, -0.2) is 12.1 Å². The minimum atomic E-state index is -0.688. The minimum Gasteiger partial charge on any atom is -0.462 e. The number of rotatable bonds is 10. The number of benzene rings is 1. The van der Waals surface area contributed by atoms with E-state index in [-0.39, 0.29) is 18.0 Å². The third-order valence-corrected chi connectivity index (χ3v) is 7.66. The summed E-state index contributed by atoms with van der Waals surface area (Å²) in [5.41, 5.74) is 2.86. The van der Waals surface area contributed by atoms with Gasteiger partial charge in [-0.05, 0) is 106 Å². The number of esters is 1. The van der Waals surface area contributed by atoms with Gasteiger partial charge in [0.25, 0.3) is 0 Å². The van der Waals surface area contributed by atoms with Crippen LogP contribution in [-0.2, 0) is 16.0 Å². The van der Waals surface area contributed by atoms with E-state index in [4.69, 9.17) is 10.00 Å². The number of hydrogen-bond acceptors (Lipinski definition) is 3. The number of carbonyl (C=O) groups excluding carboxylic acids is 1. The van der Waals surface area contributed by atoms with Crippen LogP contribution in [0.4, 0.5) is 4.39 Å². The monoisotopic (exact) mass is 453 g/mol. The first kappa shape index (κ1) is 25.5. The Hall–Kier alpha value is -2.15. The topological polar surface area (TPSA) is 50.1 Å². The van der Waals surface area contributed by atoms with Gasteiger partial charge in [0.1, 0.15) is 12.2 Å². The van der Waals surface area contributed by atoms with Gasteiger partial charge in [-0.3, -0.25) is 4.79 Å². The maximum atomic E-state index is 12.9. The molecular formula is C29H40FNO2. The number of halogens is 1. The van der Waals surface area contributed by atoms with E-state index < -0.39 is 5.83 Å². The quantitative estimate of drug-likeness (QED) is 0.205. The van der Waals surface area contributed by atoms with E-state index in [0.29, 0.717) is 18.3 Å². The molecule has 2 aliphatic carbocycles. The Labute approximate surface area is 199 Å². The maximum Gasteiger partial charge on any atom is 0.309 e. The number of nitrogens with zero attached hydrogens (tertiary/aromatic N) is 1. The molecule has 2 fully saturated rings. The van der Waals surface area contributed by atoms with Gasteiger partial charge in [0.05, 0.1) is 5.92 Å². The molecule has 0 saturated heterocycles. The van der Waals surface area contributed by atoms with E-state index in [1.54, 1.807) is 0 Å². The predicted octanol–water partition coefficient (Wildman–Crippen LogP) is 7.95. The van der Waals surface area contributed by atoms with Crippen molar-refractivity contribution in [3.63, 3.8) is 0 Å². The molecule has 1 aromatic rings. The fraction of sp³-hybridized carbons (Fsp3) is 0.655. The smallest absolute Gasteiger partial charge is 0.309 e. The van der Waals surface area contributed by atoms with Crippen LogP contribution >= 0.6 is 0 Å². The summed E-state index contributed by atoms with van der Waals surface area (Å²) >= 11 is 0. The summed E-state index contributed by atoms with van der Waals surface area (Å²) in [7, 11) is 0. The van der Waals surface area contributed by atoms with Crippen molar-refractivity contribution in [2.75, 3.05) is 0 Å². The Bertz CT molecular complexity index is 794. The number of aryl methyl sites for hydroxylation is 1. The molecule has 0 spiro atoms. The van der Waals surface area contributed by atoms with Crippen LogP contribution in [0.5, 0.6) is 0 Å². The van der Waals surface area contributed by atoms with Gasteiger partial charge in [-0.1, -0.05) is 44.0 Å². The van der Waals surface area contributed by atoms with Gasteiger partial charge < -0.3 is 4.74 Å². The maximum absolute atomic E-state index is 12.9. The summed E-state index contributed by atoms with van der Waals surface area (Å²) in [6.45, 7) is 2.24. The van der Waals surface area contributed by atoms with Gasteiger partial charge in [-0.15, -0.1) is 0 Å². The van der Waals surface area contributed by atoms with Crippen LogP contribution in [0, 0.1) is 23.2 Å². The molecule has 1 aromatic carbocycles. The van der Waals surface area contributed by atoms with E-state index in [1.165, 1.54) is 49.0 Å². The Morgan fingerprint density at radius 3 is 2.39 bits per heavy atom. The summed E-state index contributed by atoms with van der Waals surface area (Å²) in [4.78, 5) is 12.7. The average Bonchev–Trinajstić information content (AvgIpc) is 2.85. The lowest BCUT2D eigenvalue weighted by Crippen LogP contribution is -2.29. The highest BCUT2D eigenvalue weighted by molar-refractivity contribution is 5.72. The zero-order valence-corrected chi connectivity index (χ0v) is 20.2. The molecule has 0 amide bonds. The summed E-state index contributed by atoms with van der Waals surface area (Å²) < 4.78 is 18.8. The van der Waals surface area contributed by atoms with Gasteiger partial charge >= 0.3 is 5.97 Å². The predicted molar refractivity (Wildman–Crippen MR) is 130 cm³/mol. The zero-order valence-electron chi connectivity index (χ0n) is 20.2. The molecule has 180 valence electrons. The van der Waals surface area contributed by atoms with Crippen molar-refractivity contribution in [1.29, 1.82) is 5.26 Å². The number of nitriles is 1. The largest absolute Gasteiger partial charge is 0.462 e. The molecule has 0 N–H and O–H groups in total. The van der Waals surface area contributed by atoms with Crippen molar-refractivity contribution in [2.24, 2.45) is 11.8 Å². The molecule has 0 bridgehead atoms. The molecule has 0 radical (unpaired) electrons. The van der Waals surface area contributed by atoms with Crippen molar-refractivity contribution < 1.29 is 13.9 Å². The van der Waals surface area contributed by atoms with Crippen molar-refractivity contribution >= 4 is 5.97 Å². The Balaban J connectivity index is 1.35. The van der Waals surface area contributed by atoms with Crippen LogP contribution in [0.25, 0.3) is 0 Å². The standard InChI is InChI=1S/C29H40FNO2/c1-2-3-4-6-22-9-13-24(14-10-22)25-15-17-26(18-16-25)29(32)33-28-19-11-23(12-20-28)7-5-8-27(30)21-31/h8-10,13-14,23,25-26,28H,2-7,11-12,15-20H2,1H3/b27-8+. The third-order valence-electron chi connectivity index (χ3n) is 7.66. The van der Waals surface area contributed by atoms with E-state index in [2.05, 4.69) is 31.2 Å². The Morgan fingerprint density at radius 1 is 1.06 bits per heavy atom. The van der Waals surface area contributed by atoms with E-state index in [9.17, 15) is 9.18 Å². The summed E-state index contributed by atoms with van der Waals surface area (Å²) in [5.74, 6) is 0.464. The molecule has 0 aromatic heterocycles. The molecule has 3 rings (SSSR count). The van der Waals surface area contributed by atoms with Crippen LogP contribution in [0.1, 0.15) is 107 Å². The van der Waals surface area contributed by atoms with Gasteiger partial charge in [0.15, 0.2) is 5.83 Å². The second-order valence-electron chi connectivity index (χ2n) is 10.1. The van der Waals surface area contributed by atoms with Gasteiger partial charge in [-0.2, -0.15) is 9.65 Å². The summed E-state index contributed by atoms with van der Waals surface area (Å²) in [6.07, 6.45) is 15.7. The van der Waals surface area contributed by atoms with E-state index in [0.717, 1.165) is 57.8 Å². The lowest BCUT2D eigenvalue weighted by molar-refractivity contribution is -0.157. The molecular weight excluding hydrogens is 413 g/mol. The van der Waals surface area contributed by atoms with Crippen LogP contribution < -0.4 is 0 Å². The highest BCUT2D eigenvalue weighted by Gasteiger charge is 2.31. The Kier molecular flexibility index (Phi) is 10.4. The molecule has 2 saturated carbocycles. The summed E-state index contributed by atoms with van der Waals surface area (Å²) in [6, 6.07) is 10.7. The molecule has 3 nitrogen and oxygen atoms in total. The molecule has 2 aliphatic rings. The SMILES string of the molecule is CCCCCc1ccc(C2CCC(C(=O)OC3CCC(CC/C=C(/F)C#N)CC3)CC2)cc1. The molecule has 0 unspecified atom stereocenters. The van der Waals surface area contributed by atoms with Crippen LogP contribution in [0.2, 0.25) is 0 Å². The number of carbonyl (C=O) groups is 1. The fourth-order valence-corrected chi connectivity index (χ4v) is 5.49. The first-order valence-electron chi connectivity index (χ1n) is 13.1. The minimum absolute atomic E-state index is 0.00203. The van der Waals surface area contributed by atoms with Crippen molar-refractivity contribution in [3.05, 3.63) is 47.3 Å². The second kappa shape index (κ2) is 13.5. The first-order valence-corrected chi connectivity index (χ1v) is 13.1. The van der Waals surface area contributed by atoms with Gasteiger partial charge in [0.2, 0.25) is 0 Å². The van der Waals surface area contributed by atoms with Crippen molar-refractivity contribution in [3.8, 4) is 6.07 Å². The number of hydrogen-bond donors (Lipinski definition) is 0. The first-order chi connectivity index (χ1) is 16.1. The average molecular weight is 454 g/mol. The van der Waals surface area contributed by atoms with Crippen LogP contribution in [0.15, 0.2) is 36.2 Å². The number of allylic oxidation sites excluding steroid dienone is 2. The van der Waals surface area contributed by atoms with Crippen molar-refractivity contribution in [1.82, 2.24) is 0 Å². The van der Waals surface area contributed by atoms with Crippen LogP contribution in [0.3, 0.4) is 0 Å². The molecule has 0 atom stereocenters. The van der Waals surface area contributed by atoms with Gasteiger partial charge in [0, 0.05) is 0 Å². The highest BCUT2D eigenvalue weighted by atomic mass is 19.1.